The van der Waals surface area contributed by atoms with Crippen LogP contribution in [-0.4, -0.2) is 69.4 Å². The molecule has 0 aliphatic carbocycles. The molecule has 0 unspecified atom stereocenters. The van der Waals surface area contributed by atoms with E-state index in [-0.39, 0.29) is 35.0 Å². The van der Waals surface area contributed by atoms with Crippen molar-refractivity contribution in [3.05, 3.63) is 24.3 Å². The molecule has 322 valence electrons. The predicted octanol–water partition coefficient (Wildman–Crippen LogP) is 12.7. The Hall–Kier alpha value is -2.35. The van der Waals surface area contributed by atoms with Crippen molar-refractivity contribution >= 4 is 18.0 Å². The number of nitrogens with zero attached hydrogens (tertiary/aromatic N) is 1. The smallest absolute Gasteiger partial charge is 0.407 e. The summed E-state index contributed by atoms with van der Waals surface area (Å²) in [6.07, 6.45) is 33.3. The van der Waals surface area contributed by atoms with Crippen molar-refractivity contribution in [2.24, 2.45) is 10.8 Å². The van der Waals surface area contributed by atoms with Crippen LogP contribution in [0.4, 0.5) is 4.79 Å². The summed E-state index contributed by atoms with van der Waals surface area (Å²) in [5.74, 6) is -0.230. The fourth-order valence-electron chi connectivity index (χ4n) is 7.56. The number of amides is 1. The third-order valence-electron chi connectivity index (χ3n) is 9.96. The Labute approximate surface area is 339 Å². The summed E-state index contributed by atoms with van der Waals surface area (Å²) >= 11 is 0. The first-order chi connectivity index (χ1) is 26.3. The highest BCUT2D eigenvalue weighted by Crippen LogP contribution is 2.33. The highest BCUT2D eigenvalue weighted by Gasteiger charge is 2.30. The van der Waals surface area contributed by atoms with E-state index < -0.39 is 0 Å². The second kappa shape index (κ2) is 34.9. The van der Waals surface area contributed by atoms with Gasteiger partial charge in [0.2, 0.25) is 0 Å². The van der Waals surface area contributed by atoms with E-state index in [4.69, 9.17) is 14.2 Å². The van der Waals surface area contributed by atoms with Gasteiger partial charge in [-0.3, -0.25) is 9.59 Å². The number of carbonyl (C=O) groups is 3. The lowest BCUT2D eigenvalue weighted by atomic mass is 9.75. The standard InChI is InChI=1S/C47H88N2O6/c1-9-11-13-15-17-25-31-37-53-43(50)35-29-23-19-21-27-33-42(55-45(52)48-40-46(3,4)39-47(5,6)41-49(7)8)34-28-22-20-24-30-36-44(51)54-38-32-26-18-16-14-12-10-2/h25-26,31-32,42H,9-24,27-30,33-41H2,1-8H3,(H,48,52)/b31-25-,32-26-. The number of ether oxygens (including phenoxy) is 3. The minimum absolute atomic E-state index is 0.0535. The number of esters is 2. The second-order valence-electron chi connectivity index (χ2n) is 17.7. The summed E-state index contributed by atoms with van der Waals surface area (Å²) in [4.78, 5) is 39.4. The van der Waals surface area contributed by atoms with Gasteiger partial charge in [0.1, 0.15) is 19.3 Å². The average molecular weight is 777 g/mol. The van der Waals surface area contributed by atoms with Gasteiger partial charge in [0, 0.05) is 25.9 Å². The predicted molar refractivity (Wildman–Crippen MR) is 231 cm³/mol. The van der Waals surface area contributed by atoms with E-state index >= 15 is 0 Å². The third kappa shape index (κ3) is 37.0. The van der Waals surface area contributed by atoms with Crippen LogP contribution in [0, 0.1) is 10.8 Å². The molecule has 1 amide bonds. The van der Waals surface area contributed by atoms with Crippen LogP contribution in [0.15, 0.2) is 24.3 Å². The molecule has 0 fully saturated rings. The van der Waals surface area contributed by atoms with Crippen molar-refractivity contribution < 1.29 is 28.6 Å². The first-order valence-electron chi connectivity index (χ1n) is 22.5. The van der Waals surface area contributed by atoms with Gasteiger partial charge in [-0.15, -0.1) is 0 Å². The van der Waals surface area contributed by atoms with Crippen LogP contribution in [0.5, 0.6) is 0 Å². The monoisotopic (exact) mass is 777 g/mol. The summed E-state index contributed by atoms with van der Waals surface area (Å²) in [6.45, 7) is 15.7. The van der Waals surface area contributed by atoms with Gasteiger partial charge in [-0.05, 0) is 95.6 Å². The largest absolute Gasteiger partial charge is 0.461 e. The van der Waals surface area contributed by atoms with E-state index in [9.17, 15) is 14.4 Å². The van der Waals surface area contributed by atoms with Crippen molar-refractivity contribution in [2.45, 2.75) is 208 Å². The summed E-state index contributed by atoms with van der Waals surface area (Å²) in [5, 5.41) is 3.08. The fourth-order valence-corrected chi connectivity index (χ4v) is 7.56. The van der Waals surface area contributed by atoms with Gasteiger partial charge < -0.3 is 24.4 Å². The topological polar surface area (TPSA) is 94.2 Å². The fraction of sp³-hybridized carbons (Fsp3) is 0.851. The molecule has 0 aromatic heterocycles. The first kappa shape index (κ1) is 52.6. The molecule has 0 radical (unpaired) electrons. The Morgan fingerprint density at radius 1 is 0.582 bits per heavy atom. The van der Waals surface area contributed by atoms with E-state index in [1.807, 2.05) is 12.2 Å². The lowest BCUT2D eigenvalue weighted by Gasteiger charge is -2.36. The van der Waals surface area contributed by atoms with E-state index in [2.05, 4.69) is 78.0 Å². The molecule has 0 aliphatic heterocycles. The van der Waals surface area contributed by atoms with Crippen molar-refractivity contribution in [1.82, 2.24) is 10.2 Å². The number of carbonyl (C=O) groups excluding carboxylic acids is 3. The van der Waals surface area contributed by atoms with Gasteiger partial charge in [-0.25, -0.2) is 4.79 Å². The normalized spacial score (nSPS) is 12.3. The van der Waals surface area contributed by atoms with E-state index in [1.165, 1.54) is 51.4 Å². The van der Waals surface area contributed by atoms with Crippen LogP contribution >= 0.6 is 0 Å². The van der Waals surface area contributed by atoms with Crippen molar-refractivity contribution in [1.29, 1.82) is 0 Å². The highest BCUT2D eigenvalue weighted by atomic mass is 16.6. The summed E-state index contributed by atoms with van der Waals surface area (Å²) in [6, 6.07) is 0. The molecule has 0 saturated heterocycles. The molecule has 55 heavy (non-hydrogen) atoms. The molecule has 0 heterocycles. The first-order valence-corrected chi connectivity index (χ1v) is 22.5. The van der Waals surface area contributed by atoms with Crippen LogP contribution in [0.25, 0.3) is 0 Å². The zero-order valence-corrected chi connectivity index (χ0v) is 37.3. The van der Waals surface area contributed by atoms with Crippen LogP contribution in [0.1, 0.15) is 202 Å². The summed E-state index contributed by atoms with van der Waals surface area (Å²) < 4.78 is 16.7. The van der Waals surface area contributed by atoms with Crippen LogP contribution in [0.3, 0.4) is 0 Å². The van der Waals surface area contributed by atoms with Crippen molar-refractivity contribution in [3.8, 4) is 0 Å². The zero-order valence-electron chi connectivity index (χ0n) is 37.3. The molecule has 0 spiro atoms. The van der Waals surface area contributed by atoms with Crippen LogP contribution < -0.4 is 5.32 Å². The average Bonchev–Trinajstić information content (AvgIpc) is 3.11. The number of hydrogen-bond donors (Lipinski definition) is 1. The Morgan fingerprint density at radius 3 is 1.47 bits per heavy atom. The van der Waals surface area contributed by atoms with E-state index in [0.717, 1.165) is 103 Å². The van der Waals surface area contributed by atoms with Crippen molar-refractivity contribution in [2.75, 3.05) is 40.4 Å². The quantitative estimate of drug-likeness (QED) is 0.0290. The second-order valence-corrected chi connectivity index (χ2v) is 17.7. The lowest BCUT2D eigenvalue weighted by Crippen LogP contribution is -2.40. The zero-order chi connectivity index (χ0) is 41.0. The molecule has 0 bridgehead atoms. The molecular formula is C47H88N2O6. The van der Waals surface area contributed by atoms with Gasteiger partial charge in [-0.2, -0.15) is 0 Å². The minimum Gasteiger partial charge on any atom is -0.461 e. The maximum absolute atomic E-state index is 13.0. The Bertz CT molecular complexity index is 953. The van der Waals surface area contributed by atoms with Gasteiger partial charge in [0.25, 0.3) is 0 Å². The van der Waals surface area contributed by atoms with E-state index in [0.29, 0.717) is 32.6 Å². The number of unbranched alkanes of at least 4 members (excludes halogenated alkanes) is 16. The Morgan fingerprint density at radius 2 is 1.02 bits per heavy atom. The molecule has 0 aromatic carbocycles. The van der Waals surface area contributed by atoms with Gasteiger partial charge >= 0.3 is 18.0 Å². The number of allylic oxidation sites excluding steroid dienone is 2. The molecule has 8 heteroatoms. The van der Waals surface area contributed by atoms with Gasteiger partial charge in [0.05, 0.1) is 0 Å². The third-order valence-corrected chi connectivity index (χ3v) is 9.96. The Balaban J connectivity index is 4.56. The number of rotatable bonds is 37. The van der Waals surface area contributed by atoms with Crippen LogP contribution in [-0.2, 0) is 23.8 Å². The Kier molecular flexibility index (Phi) is 33.4. The van der Waals surface area contributed by atoms with Gasteiger partial charge in [0.15, 0.2) is 0 Å². The van der Waals surface area contributed by atoms with E-state index in [1.54, 1.807) is 0 Å². The summed E-state index contributed by atoms with van der Waals surface area (Å²) in [7, 11) is 4.20. The molecule has 8 nitrogen and oxygen atoms in total. The molecule has 1 N–H and O–H groups in total. The van der Waals surface area contributed by atoms with Crippen molar-refractivity contribution in [3.63, 3.8) is 0 Å². The molecule has 0 aliphatic rings. The maximum atomic E-state index is 13.0. The van der Waals surface area contributed by atoms with Gasteiger partial charge in [-0.1, -0.05) is 143 Å². The highest BCUT2D eigenvalue weighted by molar-refractivity contribution is 5.69. The number of alkyl carbamates (subject to hydrolysis) is 1. The minimum atomic E-state index is -0.321. The number of nitrogens with one attached hydrogen (secondary N) is 1. The lowest BCUT2D eigenvalue weighted by molar-refractivity contribution is -0.143. The van der Waals surface area contributed by atoms with Crippen LogP contribution in [0.2, 0.25) is 0 Å². The SMILES string of the molecule is CCCCCC/C=C\COC(=O)CCCCCCCC(CCCCCCCC(=O)OC/C=C\CCCCCC)OC(=O)NCC(C)(C)CC(C)(C)CN(C)C. The molecular weight excluding hydrogens is 689 g/mol. The molecule has 0 rings (SSSR count). The molecule has 0 aromatic rings. The number of hydrogen-bond acceptors (Lipinski definition) is 7. The molecule has 0 saturated carbocycles. The summed E-state index contributed by atoms with van der Waals surface area (Å²) in [5.41, 5.74) is 0.0823. The maximum Gasteiger partial charge on any atom is 0.407 e. The molecule has 0 atom stereocenters.